The highest BCUT2D eigenvalue weighted by molar-refractivity contribution is 5.52. The second kappa shape index (κ2) is 10.2. The minimum Gasteiger partial charge on any atom is -0.504 e. The molecule has 0 aliphatic rings. The molecule has 8 nitrogen and oxygen atoms in total. The van der Waals surface area contributed by atoms with E-state index in [4.69, 9.17) is 4.74 Å². The number of hydrogen-bond donors (Lipinski definition) is 1. The molecular formula is C31H32N4O4. The van der Waals surface area contributed by atoms with E-state index < -0.39 is 5.92 Å². The van der Waals surface area contributed by atoms with E-state index in [0.29, 0.717) is 29.0 Å². The number of aromatic hydroxyl groups is 1. The summed E-state index contributed by atoms with van der Waals surface area (Å²) < 4.78 is 12.6. The van der Waals surface area contributed by atoms with Gasteiger partial charge >= 0.3 is 0 Å². The third kappa shape index (κ3) is 4.27. The lowest BCUT2D eigenvalue weighted by molar-refractivity contribution is 0.317. The number of ether oxygens (including phenoxy) is 1. The number of nitrogens with zero attached hydrogens (tertiary/aromatic N) is 4. The van der Waals surface area contributed by atoms with Crippen LogP contribution in [0, 0.1) is 13.8 Å². The molecule has 200 valence electrons. The van der Waals surface area contributed by atoms with E-state index >= 15 is 0 Å². The number of aromatic nitrogens is 4. The number of para-hydroxylation sites is 2. The molecule has 0 aliphatic carbocycles. The molecule has 0 fully saturated rings. The van der Waals surface area contributed by atoms with Gasteiger partial charge in [-0.1, -0.05) is 42.5 Å². The molecule has 0 bridgehead atoms. The predicted molar refractivity (Wildman–Crippen MR) is 152 cm³/mol. The highest BCUT2D eigenvalue weighted by Crippen LogP contribution is 2.37. The summed E-state index contributed by atoms with van der Waals surface area (Å²) in [6, 6.07) is 23.9. The Kier molecular flexibility index (Phi) is 6.78. The van der Waals surface area contributed by atoms with Crippen molar-refractivity contribution in [1.29, 1.82) is 0 Å². The lowest BCUT2D eigenvalue weighted by Crippen LogP contribution is -2.26. The molecular weight excluding hydrogens is 492 g/mol. The van der Waals surface area contributed by atoms with Crippen LogP contribution in [-0.2, 0) is 14.1 Å². The van der Waals surface area contributed by atoms with Crippen molar-refractivity contribution in [2.75, 3.05) is 6.61 Å². The van der Waals surface area contributed by atoms with Gasteiger partial charge in [0, 0.05) is 31.4 Å². The molecule has 0 radical (unpaired) electrons. The van der Waals surface area contributed by atoms with Crippen LogP contribution >= 0.6 is 0 Å². The first-order valence-corrected chi connectivity index (χ1v) is 12.9. The normalized spacial score (nSPS) is 11.3. The molecule has 0 spiro atoms. The Morgan fingerprint density at radius 2 is 1.21 bits per heavy atom. The molecule has 2 heterocycles. The lowest BCUT2D eigenvalue weighted by Gasteiger charge is -2.18. The van der Waals surface area contributed by atoms with Gasteiger partial charge in [0.25, 0.3) is 11.1 Å². The summed E-state index contributed by atoms with van der Waals surface area (Å²) in [6.45, 7) is 5.98. The number of benzene rings is 3. The molecule has 5 rings (SSSR count). The van der Waals surface area contributed by atoms with Crippen molar-refractivity contribution in [3.8, 4) is 22.9 Å². The summed E-state index contributed by atoms with van der Waals surface area (Å²) in [5.41, 5.74) is 4.13. The summed E-state index contributed by atoms with van der Waals surface area (Å²) in [4.78, 5) is 28.4. The van der Waals surface area contributed by atoms with Gasteiger partial charge in [-0.15, -0.1) is 0 Å². The summed E-state index contributed by atoms with van der Waals surface area (Å²) >= 11 is 0. The average molecular weight is 525 g/mol. The molecule has 1 N–H and O–H groups in total. The van der Waals surface area contributed by atoms with Gasteiger partial charge in [0.15, 0.2) is 11.5 Å². The first kappa shape index (κ1) is 25.9. The van der Waals surface area contributed by atoms with E-state index in [1.54, 1.807) is 27.6 Å². The van der Waals surface area contributed by atoms with E-state index in [2.05, 4.69) is 0 Å². The zero-order chi connectivity index (χ0) is 27.8. The fourth-order valence-electron chi connectivity index (χ4n) is 5.30. The number of rotatable bonds is 7. The van der Waals surface area contributed by atoms with Gasteiger partial charge in [-0.05, 0) is 62.7 Å². The minimum atomic E-state index is -0.711. The fraction of sp³-hybridized carbons (Fsp3) is 0.226. The van der Waals surface area contributed by atoms with Crippen LogP contribution in [-0.4, -0.2) is 30.4 Å². The van der Waals surface area contributed by atoms with Crippen LogP contribution in [0.1, 0.15) is 40.9 Å². The second-order valence-corrected chi connectivity index (χ2v) is 9.54. The van der Waals surface area contributed by atoms with Crippen molar-refractivity contribution in [2.24, 2.45) is 14.1 Å². The summed E-state index contributed by atoms with van der Waals surface area (Å²) in [7, 11) is 3.68. The Labute approximate surface area is 226 Å². The van der Waals surface area contributed by atoms with Gasteiger partial charge in [-0.2, -0.15) is 0 Å². The molecule has 0 aliphatic heterocycles. The molecule has 8 heteroatoms. The Balaban J connectivity index is 1.85. The summed E-state index contributed by atoms with van der Waals surface area (Å²) in [5, 5.41) is 10.4. The maximum absolute atomic E-state index is 14.2. The molecule has 39 heavy (non-hydrogen) atoms. The Morgan fingerprint density at radius 1 is 0.744 bits per heavy atom. The maximum Gasteiger partial charge on any atom is 0.275 e. The number of hydrogen-bond acceptors (Lipinski definition) is 4. The molecule has 2 aromatic heterocycles. The van der Waals surface area contributed by atoms with Gasteiger partial charge in [-0.25, -0.2) is 9.36 Å². The third-order valence-electron chi connectivity index (χ3n) is 7.39. The summed E-state index contributed by atoms with van der Waals surface area (Å²) in [6.07, 6.45) is 0. The van der Waals surface area contributed by atoms with Gasteiger partial charge in [0.2, 0.25) is 0 Å². The molecule has 0 saturated carbocycles. The van der Waals surface area contributed by atoms with Crippen molar-refractivity contribution in [1.82, 2.24) is 18.7 Å². The van der Waals surface area contributed by atoms with Crippen molar-refractivity contribution in [3.63, 3.8) is 0 Å². The molecule has 0 unspecified atom stereocenters. The standard InChI is InChI=1S/C31H32N4O4/c1-6-39-26-19-22(17-18-25(26)36)29(27-20(2)32(4)34(30(27)37)23-13-9-7-10-14-23)28-21(3)33(5)35(31(28)38)24-15-11-8-12-16-24/h7-19,29,36H,6H2,1-5H3. The van der Waals surface area contributed by atoms with E-state index in [0.717, 1.165) is 22.8 Å². The predicted octanol–water partition coefficient (Wildman–Crippen LogP) is 4.57. The second-order valence-electron chi connectivity index (χ2n) is 9.54. The molecule has 0 atom stereocenters. The van der Waals surface area contributed by atoms with Gasteiger partial charge in [0.05, 0.1) is 29.1 Å². The highest BCUT2D eigenvalue weighted by Gasteiger charge is 2.33. The van der Waals surface area contributed by atoms with Crippen LogP contribution in [0.15, 0.2) is 88.5 Å². The van der Waals surface area contributed by atoms with Gasteiger partial charge < -0.3 is 9.84 Å². The minimum absolute atomic E-state index is 0.00249. The topological polar surface area (TPSA) is 83.3 Å². The van der Waals surface area contributed by atoms with E-state index in [1.165, 1.54) is 0 Å². The van der Waals surface area contributed by atoms with Crippen molar-refractivity contribution in [2.45, 2.75) is 26.7 Å². The Hall–Kier alpha value is -4.72. The zero-order valence-corrected chi connectivity index (χ0v) is 22.8. The Bertz CT molecular complexity index is 1650. The van der Waals surface area contributed by atoms with Crippen LogP contribution in [0.25, 0.3) is 11.4 Å². The number of phenols is 1. The molecule has 5 aromatic rings. The number of phenolic OH excluding ortho intramolecular Hbond substituents is 1. The van der Waals surface area contributed by atoms with E-state index in [1.807, 2.05) is 105 Å². The van der Waals surface area contributed by atoms with Crippen LogP contribution < -0.4 is 15.9 Å². The molecule has 3 aromatic carbocycles. The SMILES string of the molecule is CCOc1cc(C(c2c(C)n(C)n(-c3ccccc3)c2=O)c2c(C)n(C)n(-c3ccccc3)c2=O)ccc1O. The van der Waals surface area contributed by atoms with Crippen LogP contribution in [0.5, 0.6) is 11.5 Å². The quantitative estimate of drug-likeness (QED) is 0.338. The monoisotopic (exact) mass is 524 g/mol. The smallest absolute Gasteiger partial charge is 0.275 e. The van der Waals surface area contributed by atoms with Crippen molar-refractivity contribution in [3.05, 3.63) is 128 Å². The fourth-order valence-corrected chi connectivity index (χ4v) is 5.30. The molecule has 0 amide bonds. The zero-order valence-electron chi connectivity index (χ0n) is 22.8. The third-order valence-corrected chi connectivity index (χ3v) is 7.39. The van der Waals surface area contributed by atoms with Crippen LogP contribution in [0.2, 0.25) is 0 Å². The van der Waals surface area contributed by atoms with E-state index in [9.17, 15) is 14.7 Å². The Morgan fingerprint density at radius 3 is 1.64 bits per heavy atom. The van der Waals surface area contributed by atoms with Gasteiger partial charge in [-0.3, -0.25) is 19.0 Å². The highest BCUT2D eigenvalue weighted by atomic mass is 16.5. The average Bonchev–Trinajstić information content (AvgIpc) is 3.30. The summed E-state index contributed by atoms with van der Waals surface area (Å²) in [5.74, 6) is -0.414. The maximum atomic E-state index is 14.2. The first-order valence-electron chi connectivity index (χ1n) is 12.9. The van der Waals surface area contributed by atoms with Gasteiger partial charge in [0.1, 0.15) is 0 Å². The molecule has 0 saturated heterocycles. The van der Waals surface area contributed by atoms with Crippen molar-refractivity contribution < 1.29 is 9.84 Å². The van der Waals surface area contributed by atoms with Crippen LogP contribution in [0.3, 0.4) is 0 Å². The first-order chi connectivity index (χ1) is 18.8. The van der Waals surface area contributed by atoms with Crippen LogP contribution in [0.4, 0.5) is 0 Å². The lowest BCUT2D eigenvalue weighted by atomic mass is 9.85. The largest absolute Gasteiger partial charge is 0.504 e. The van der Waals surface area contributed by atoms with Crippen molar-refractivity contribution >= 4 is 0 Å². The van der Waals surface area contributed by atoms with E-state index in [-0.39, 0.29) is 16.9 Å².